The monoisotopic (exact) mass is 259 g/mol. The van der Waals surface area contributed by atoms with Crippen LogP contribution in [0.15, 0.2) is 0 Å². The number of carbonyl (C=O) groups excluding carboxylic acids is 1. The van der Waals surface area contributed by atoms with Crippen LogP contribution in [0.3, 0.4) is 0 Å². The molecule has 5 heteroatoms. The van der Waals surface area contributed by atoms with Gasteiger partial charge in [0.05, 0.1) is 7.11 Å². The molecule has 108 valence electrons. The molecule has 0 saturated carbocycles. The number of nitrogens with zero attached hydrogens (tertiary/aromatic N) is 2. The van der Waals surface area contributed by atoms with E-state index in [1.54, 1.807) is 7.05 Å². The molecule has 0 aliphatic heterocycles. The van der Waals surface area contributed by atoms with E-state index < -0.39 is 0 Å². The van der Waals surface area contributed by atoms with Gasteiger partial charge >= 0.3 is 5.97 Å². The molecule has 0 bridgehead atoms. The normalized spacial score (nSPS) is 13.1. The molecule has 0 rings (SSSR count). The van der Waals surface area contributed by atoms with Crippen LogP contribution in [0.4, 0.5) is 0 Å². The van der Waals surface area contributed by atoms with E-state index >= 15 is 0 Å². The fraction of sp³-hybridized carbons (Fsp3) is 0.923. The maximum atomic E-state index is 11.5. The summed E-state index contributed by atoms with van der Waals surface area (Å²) in [5.41, 5.74) is 0. The first-order chi connectivity index (χ1) is 8.54. The predicted octanol–water partition coefficient (Wildman–Crippen LogP) is 0.411. The van der Waals surface area contributed by atoms with Crippen LogP contribution in [0, 0.1) is 0 Å². The Kier molecular flexibility index (Phi) is 9.92. The molecule has 1 atom stereocenters. The standard InChI is InChI=1S/C13H29N3O2/c1-6-8-16(11-10-15(3)4)9-7-12(14-2)13(17)18-5/h12,14H,6-11H2,1-5H3. The van der Waals surface area contributed by atoms with Gasteiger partial charge in [-0.1, -0.05) is 6.92 Å². The van der Waals surface area contributed by atoms with Crippen molar-refractivity contribution < 1.29 is 9.53 Å². The van der Waals surface area contributed by atoms with Gasteiger partial charge in [0, 0.05) is 19.6 Å². The van der Waals surface area contributed by atoms with Crippen LogP contribution < -0.4 is 5.32 Å². The van der Waals surface area contributed by atoms with Gasteiger partial charge in [-0.05, 0) is 40.5 Å². The average Bonchev–Trinajstić information content (AvgIpc) is 2.35. The van der Waals surface area contributed by atoms with Gasteiger partial charge in [0.2, 0.25) is 0 Å². The summed E-state index contributed by atoms with van der Waals surface area (Å²) in [6.45, 7) is 6.26. The molecule has 0 aromatic heterocycles. The summed E-state index contributed by atoms with van der Waals surface area (Å²) >= 11 is 0. The van der Waals surface area contributed by atoms with E-state index in [1.807, 2.05) is 0 Å². The Hall–Kier alpha value is -0.650. The Balaban J connectivity index is 4.10. The van der Waals surface area contributed by atoms with E-state index in [1.165, 1.54) is 7.11 Å². The number of likely N-dealkylation sites (N-methyl/N-ethyl adjacent to an activating group) is 2. The fourth-order valence-corrected chi connectivity index (χ4v) is 1.83. The van der Waals surface area contributed by atoms with Crippen LogP contribution in [0.1, 0.15) is 19.8 Å². The number of hydrogen-bond donors (Lipinski definition) is 1. The Morgan fingerprint density at radius 3 is 2.33 bits per heavy atom. The van der Waals surface area contributed by atoms with E-state index in [-0.39, 0.29) is 12.0 Å². The minimum absolute atomic E-state index is 0.179. The SMILES string of the molecule is CCCN(CCC(NC)C(=O)OC)CCN(C)C. The third-order valence-electron chi connectivity index (χ3n) is 2.97. The number of nitrogens with one attached hydrogen (secondary N) is 1. The molecule has 0 aliphatic rings. The summed E-state index contributed by atoms with van der Waals surface area (Å²) in [5, 5.41) is 3.00. The third kappa shape index (κ3) is 7.63. The molecule has 18 heavy (non-hydrogen) atoms. The molecule has 0 aromatic rings. The molecule has 1 unspecified atom stereocenters. The summed E-state index contributed by atoms with van der Waals surface area (Å²) < 4.78 is 4.77. The van der Waals surface area contributed by atoms with E-state index in [0.717, 1.165) is 39.0 Å². The van der Waals surface area contributed by atoms with Crippen LogP contribution in [0.2, 0.25) is 0 Å². The third-order valence-corrected chi connectivity index (χ3v) is 2.97. The van der Waals surface area contributed by atoms with Gasteiger partial charge in [0.15, 0.2) is 0 Å². The Labute approximate surface area is 111 Å². The van der Waals surface area contributed by atoms with Crippen molar-refractivity contribution in [3.8, 4) is 0 Å². The number of esters is 1. The summed E-state index contributed by atoms with van der Waals surface area (Å²) in [6.07, 6.45) is 1.92. The highest BCUT2D eigenvalue weighted by Crippen LogP contribution is 2.00. The fourth-order valence-electron chi connectivity index (χ4n) is 1.83. The molecule has 0 fully saturated rings. The first kappa shape index (κ1) is 17.4. The van der Waals surface area contributed by atoms with E-state index in [0.29, 0.717) is 0 Å². The number of carbonyl (C=O) groups is 1. The maximum absolute atomic E-state index is 11.5. The lowest BCUT2D eigenvalue weighted by molar-refractivity contribution is -0.143. The molecular weight excluding hydrogens is 230 g/mol. The van der Waals surface area contributed by atoms with Crippen LogP contribution >= 0.6 is 0 Å². The smallest absolute Gasteiger partial charge is 0.322 e. The highest BCUT2D eigenvalue weighted by atomic mass is 16.5. The van der Waals surface area contributed by atoms with Crippen LogP contribution in [0.25, 0.3) is 0 Å². The second-order valence-electron chi connectivity index (χ2n) is 4.80. The summed E-state index contributed by atoms with van der Waals surface area (Å²) in [5.74, 6) is -0.179. The highest BCUT2D eigenvalue weighted by molar-refractivity contribution is 5.75. The van der Waals surface area contributed by atoms with E-state index in [4.69, 9.17) is 4.74 Å². The maximum Gasteiger partial charge on any atom is 0.322 e. The lowest BCUT2D eigenvalue weighted by atomic mass is 10.2. The average molecular weight is 259 g/mol. The zero-order chi connectivity index (χ0) is 14.0. The van der Waals surface area contributed by atoms with Gasteiger partial charge < -0.3 is 19.9 Å². The van der Waals surface area contributed by atoms with Crippen LogP contribution in [-0.4, -0.2) is 76.2 Å². The Bertz CT molecular complexity index is 222. The Morgan fingerprint density at radius 2 is 1.89 bits per heavy atom. The molecule has 0 saturated heterocycles. The van der Waals surface area contributed by atoms with Crippen molar-refractivity contribution in [1.29, 1.82) is 0 Å². The predicted molar refractivity (Wildman–Crippen MR) is 74.8 cm³/mol. The van der Waals surface area contributed by atoms with Gasteiger partial charge in [-0.2, -0.15) is 0 Å². The molecular formula is C13H29N3O2. The summed E-state index contributed by atoms with van der Waals surface area (Å²) in [7, 11) is 7.39. The molecule has 0 aromatic carbocycles. The summed E-state index contributed by atoms with van der Waals surface area (Å²) in [6, 6.07) is -0.200. The van der Waals surface area contributed by atoms with Crippen molar-refractivity contribution in [2.45, 2.75) is 25.8 Å². The summed E-state index contributed by atoms with van der Waals surface area (Å²) in [4.78, 5) is 16.0. The topological polar surface area (TPSA) is 44.8 Å². The quantitative estimate of drug-likeness (QED) is 0.576. The minimum Gasteiger partial charge on any atom is -0.468 e. The zero-order valence-corrected chi connectivity index (χ0v) is 12.5. The second kappa shape index (κ2) is 10.3. The number of methoxy groups -OCH3 is 1. The second-order valence-corrected chi connectivity index (χ2v) is 4.80. The van der Waals surface area contributed by atoms with Crippen LogP contribution in [-0.2, 0) is 9.53 Å². The molecule has 0 spiro atoms. The number of ether oxygens (including phenoxy) is 1. The van der Waals surface area contributed by atoms with Gasteiger partial charge in [-0.15, -0.1) is 0 Å². The largest absolute Gasteiger partial charge is 0.468 e. The highest BCUT2D eigenvalue weighted by Gasteiger charge is 2.17. The van der Waals surface area contributed by atoms with E-state index in [9.17, 15) is 4.79 Å². The van der Waals surface area contributed by atoms with Crippen molar-refractivity contribution >= 4 is 5.97 Å². The molecule has 5 nitrogen and oxygen atoms in total. The molecule has 1 N–H and O–H groups in total. The lowest BCUT2D eigenvalue weighted by Crippen LogP contribution is -2.40. The lowest BCUT2D eigenvalue weighted by Gasteiger charge is -2.25. The van der Waals surface area contributed by atoms with Gasteiger partial charge in [0.25, 0.3) is 0 Å². The molecule has 0 heterocycles. The zero-order valence-electron chi connectivity index (χ0n) is 12.5. The van der Waals surface area contributed by atoms with Gasteiger partial charge in [-0.3, -0.25) is 4.79 Å². The molecule has 0 radical (unpaired) electrons. The van der Waals surface area contributed by atoms with Crippen molar-refractivity contribution in [1.82, 2.24) is 15.1 Å². The number of hydrogen-bond acceptors (Lipinski definition) is 5. The first-order valence-electron chi connectivity index (χ1n) is 6.67. The van der Waals surface area contributed by atoms with E-state index in [2.05, 4.69) is 36.1 Å². The number of rotatable bonds is 10. The van der Waals surface area contributed by atoms with Gasteiger partial charge in [0.1, 0.15) is 6.04 Å². The Morgan fingerprint density at radius 1 is 1.22 bits per heavy atom. The van der Waals surface area contributed by atoms with Crippen LogP contribution in [0.5, 0.6) is 0 Å². The minimum atomic E-state index is -0.200. The molecule has 0 aliphatic carbocycles. The van der Waals surface area contributed by atoms with Crippen molar-refractivity contribution in [2.24, 2.45) is 0 Å². The van der Waals surface area contributed by atoms with Crippen molar-refractivity contribution in [2.75, 3.05) is 54.4 Å². The first-order valence-corrected chi connectivity index (χ1v) is 6.67. The molecule has 0 amide bonds. The van der Waals surface area contributed by atoms with Crippen molar-refractivity contribution in [3.63, 3.8) is 0 Å². The van der Waals surface area contributed by atoms with Crippen molar-refractivity contribution in [3.05, 3.63) is 0 Å². The van der Waals surface area contributed by atoms with Gasteiger partial charge in [-0.25, -0.2) is 0 Å².